The van der Waals surface area contributed by atoms with E-state index in [4.69, 9.17) is 11.6 Å². The van der Waals surface area contributed by atoms with Crippen LogP contribution in [0.4, 0.5) is 0 Å². The summed E-state index contributed by atoms with van der Waals surface area (Å²) in [6.07, 6.45) is 0. The maximum atomic E-state index is 9.80. The third kappa shape index (κ3) is 2.75. The van der Waals surface area contributed by atoms with Gasteiger partial charge in [-0.3, -0.25) is 0 Å². The fourth-order valence-electron chi connectivity index (χ4n) is 0.708. The molecule has 5 heteroatoms. The van der Waals surface area contributed by atoms with Gasteiger partial charge < -0.3 is 4.84 Å². The maximum absolute atomic E-state index is 9.80. The van der Waals surface area contributed by atoms with E-state index in [-0.39, 0.29) is 6.61 Å². The van der Waals surface area contributed by atoms with Crippen molar-refractivity contribution in [2.24, 2.45) is 0 Å². The molecule has 0 aliphatic carbocycles. The zero-order valence-electron chi connectivity index (χ0n) is 6.07. The first-order chi connectivity index (χ1) is 5.68. The van der Waals surface area contributed by atoms with Gasteiger partial charge in [-0.05, 0) is 17.7 Å². The smallest absolute Gasteiger partial charge is 0.294 e. The van der Waals surface area contributed by atoms with E-state index in [9.17, 15) is 10.1 Å². The number of benzene rings is 1. The number of nitrogens with zero attached hydrogens (tertiary/aromatic N) is 1. The predicted octanol–water partition coefficient (Wildman–Crippen LogP) is 2.05. The van der Waals surface area contributed by atoms with Crippen LogP contribution in [0.3, 0.4) is 0 Å². The van der Waals surface area contributed by atoms with Crippen LogP contribution in [0.2, 0.25) is 5.02 Å². The van der Waals surface area contributed by atoms with Crippen LogP contribution >= 0.6 is 11.6 Å². The first-order valence-electron chi connectivity index (χ1n) is 3.20. The van der Waals surface area contributed by atoms with Crippen molar-refractivity contribution in [3.8, 4) is 0 Å². The van der Waals surface area contributed by atoms with Gasteiger partial charge in [-0.25, -0.2) is 0 Å². The molecule has 0 amide bonds. The Labute approximate surface area is 73.8 Å². The Morgan fingerprint density at radius 1 is 1.42 bits per heavy atom. The van der Waals surface area contributed by atoms with E-state index in [0.717, 1.165) is 5.56 Å². The largest absolute Gasteiger partial charge is 0.309 e. The Bertz CT molecular complexity index is 272. The van der Waals surface area contributed by atoms with Crippen molar-refractivity contribution in [2.75, 3.05) is 0 Å². The van der Waals surface area contributed by atoms with Gasteiger partial charge in [0, 0.05) is 5.02 Å². The second kappa shape index (κ2) is 3.92. The summed E-state index contributed by atoms with van der Waals surface area (Å²) in [5.74, 6) is 0. The normalized spacial score (nSPS) is 9.42. The number of hydrogen-bond acceptors (Lipinski definition) is 3. The van der Waals surface area contributed by atoms with Crippen molar-refractivity contribution >= 4 is 11.6 Å². The van der Waals surface area contributed by atoms with E-state index in [1.165, 1.54) is 0 Å². The Hall–Kier alpha value is -1.29. The lowest BCUT2D eigenvalue weighted by atomic mass is 10.2. The van der Waals surface area contributed by atoms with Gasteiger partial charge in [0.25, 0.3) is 5.09 Å². The monoisotopic (exact) mass is 187 g/mol. The molecule has 1 aromatic carbocycles. The fraction of sp³-hybridized carbons (Fsp3) is 0.143. The van der Waals surface area contributed by atoms with Crippen LogP contribution < -0.4 is 0 Å². The molecule has 0 unspecified atom stereocenters. The zero-order chi connectivity index (χ0) is 8.97. The number of rotatable bonds is 3. The maximum Gasteiger partial charge on any atom is 0.294 e. The van der Waals surface area contributed by atoms with Gasteiger partial charge in [0.2, 0.25) is 0 Å². The molecule has 0 spiro atoms. The molecule has 64 valence electrons. The Morgan fingerprint density at radius 2 is 2.00 bits per heavy atom. The minimum absolute atomic E-state index is 0.0375. The molecule has 1 rings (SSSR count). The van der Waals surface area contributed by atoms with Crippen molar-refractivity contribution < 1.29 is 9.92 Å². The minimum Gasteiger partial charge on any atom is -0.309 e. The highest BCUT2D eigenvalue weighted by molar-refractivity contribution is 6.30. The molecule has 0 radical (unpaired) electrons. The van der Waals surface area contributed by atoms with Crippen molar-refractivity contribution in [3.63, 3.8) is 0 Å². The Morgan fingerprint density at radius 3 is 2.50 bits per heavy atom. The molecule has 0 heterocycles. The Kier molecular flexibility index (Phi) is 2.88. The third-order valence-electron chi connectivity index (χ3n) is 1.25. The number of hydrogen-bond donors (Lipinski definition) is 0. The summed E-state index contributed by atoms with van der Waals surface area (Å²) >= 11 is 5.60. The molecule has 0 N–H and O–H groups in total. The zero-order valence-corrected chi connectivity index (χ0v) is 6.82. The van der Waals surface area contributed by atoms with E-state index in [1.807, 2.05) is 0 Å². The second-order valence-corrected chi connectivity index (χ2v) is 2.56. The summed E-state index contributed by atoms with van der Waals surface area (Å²) in [6, 6.07) is 6.65. The molecule has 12 heavy (non-hydrogen) atoms. The van der Waals surface area contributed by atoms with Gasteiger partial charge >= 0.3 is 0 Å². The number of halogens is 1. The molecule has 0 bridgehead atoms. The van der Waals surface area contributed by atoms with Crippen molar-refractivity contribution in [1.29, 1.82) is 0 Å². The summed E-state index contributed by atoms with van der Waals surface area (Å²) in [5.41, 5.74) is 0.719. The quantitative estimate of drug-likeness (QED) is 0.538. The van der Waals surface area contributed by atoms with E-state index in [1.54, 1.807) is 24.3 Å². The van der Waals surface area contributed by atoms with E-state index >= 15 is 0 Å². The van der Waals surface area contributed by atoms with E-state index in [0.29, 0.717) is 5.02 Å². The van der Waals surface area contributed by atoms with Crippen LogP contribution in [0.25, 0.3) is 0 Å². The average Bonchev–Trinajstić information content (AvgIpc) is 2.03. The molecular formula is C7H6ClNO3. The molecular weight excluding hydrogens is 182 g/mol. The molecule has 0 aromatic heterocycles. The third-order valence-corrected chi connectivity index (χ3v) is 1.50. The van der Waals surface area contributed by atoms with Crippen LogP contribution in [0.5, 0.6) is 0 Å². The van der Waals surface area contributed by atoms with Crippen molar-refractivity contribution in [1.82, 2.24) is 0 Å². The summed E-state index contributed by atoms with van der Waals surface area (Å²) in [5, 5.41) is 9.57. The molecule has 0 saturated carbocycles. The molecule has 1 aromatic rings. The first-order valence-corrected chi connectivity index (χ1v) is 3.58. The highest BCUT2D eigenvalue weighted by atomic mass is 35.5. The molecule has 0 atom stereocenters. The molecule has 4 nitrogen and oxygen atoms in total. The highest BCUT2D eigenvalue weighted by Gasteiger charge is 1.96. The fourth-order valence-corrected chi connectivity index (χ4v) is 0.834. The van der Waals surface area contributed by atoms with Gasteiger partial charge in [-0.15, -0.1) is 10.1 Å². The molecule has 0 aliphatic heterocycles. The van der Waals surface area contributed by atoms with Gasteiger partial charge in [0.05, 0.1) is 0 Å². The van der Waals surface area contributed by atoms with E-state index in [2.05, 4.69) is 4.84 Å². The first kappa shape index (κ1) is 8.80. The lowest BCUT2D eigenvalue weighted by Gasteiger charge is -1.98. The lowest BCUT2D eigenvalue weighted by molar-refractivity contribution is -0.763. The molecule has 0 saturated heterocycles. The SMILES string of the molecule is O=[N+]([O-])OCc1ccc(Cl)cc1. The van der Waals surface area contributed by atoms with Crippen LogP contribution in [0.15, 0.2) is 24.3 Å². The standard InChI is InChI=1S/C7H6ClNO3/c8-7-3-1-6(2-4-7)5-12-9(10)11/h1-4H,5H2. The summed E-state index contributed by atoms with van der Waals surface area (Å²) in [7, 11) is 0. The van der Waals surface area contributed by atoms with Crippen LogP contribution in [-0.2, 0) is 11.4 Å². The van der Waals surface area contributed by atoms with Gasteiger partial charge in [-0.1, -0.05) is 23.7 Å². The second-order valence-electron chi connectivity index (χ2n) is 2.12. The topological polar surface area (TPSA) is 52.4 Å². The van der Waals surface area contributed by atoms with Crippen LogP contribution in [0, 0.1) is 10.1 Å². The van der Waals surface area contributed by atoms with E-state index < -0.39 is 5.09 Å². The summed E-state index contributed by atoms with van der Waals surface area (Å²) in [6.45, 7) is -0.0375. The highest BCUT2D eigenvalue weighted by Crippen LogP contribution is 2.09. The summed E-state index contributed by atoms with van der Waals surface area (Å²) < 4.78 is 0. The Balaban J connectivity index is 2.53. The molecule has 0 fully saturated rings. The predicted molar refractivity (Wildman–Crippen MR) is 43.2 cm³/mol. The lowest BCUT2D eigenvalue weighted by Crippen LogP contribution is -1.99. The summed E-state index contributed by atoms with van der Waals surface area (Å²) in [4.78, 5) is 13.9. The van der Waals surface area contributed by atoms with Gasteiger partial charge in [0.15, 0.2) is 0 Å². The van der Waals surface area contributed by atoms with Gasteiger partial charge in [-0.2, -0.15) is 0 Å². The average molecular weight is 188 g/mol. The van der Waals surface area contributed by atoms with Crippen LogP contribution in [-0.4, -0.2) is 5.09 Å². The van der Waals surface area contributed by atoms with Gasteiger partial charge in [0.1, 0.15) is 6.61 Å². The van der Waals surface area contributed by atoms with Crippen molar-refractivity contribution in [2.45, 2.75) is 6.61 Å². The van der Waals surface area contributed by atoms with Crippen molar-refractivity contribution in [3.05, 3.63) is 45.0 Å². The molecule has 0 aliphatic rings. The minimum atomic E-state index is -0.825. The van der Waals surface area contributed by atoms with Crippen LogP contribution in [0.1, 0.15) is 5.56 Å².